The van der Waals surface area contributed by atoms with E-state index < -0.39 is 0 Å². The molecule has 1 fully saturated rings. The molecule has 0 radical (unpaired) electrons. The van der Waals surface area contributed by atoms with Gasteiger partial charge in [-0.2, -0.15) is 0 Å². The van der Waals surface area contributed by atoms with Crippen LogP contribution in [-0.2, 0) is 6.54 Å². The smallest absolute Gasteiger partial charge is 0.253 e. The number of fused-ring (bicyclic) bond motifs is 4. The number of hydrogen-bond acceptors (Lipinski definition) is 3. The summed E-state index contributed by atoms with van der Waals surface area (Å²) < 4.78 is 7.57. The Balaban J connectivity index is 1.47. The van der Waals surface area contributed by atoms with Gasteiger partial charge in [0.15, 0.2) is 0 Å². The van der Waals surface area contributed by atoms with Crippen molar-refractivity contribution in [2.45, 2.75) is 38.6 Å². The van der Waals surface area contributed by atoms with E-state index >= 15 is 0 Å². The van der Waals surface area contributed by atoms with Crippen LogP contribution in [-0.4, -0.2) is 35.1 Å². The van der Waals surface area contributed by atoms with E-state index in [9.17, 15) is 9.59 Å². The van der Waals surface area contributed by atoms with Crippen LogP contribution in [0.3, 0.4) is 0 Å². The second-order valence-corrected chi connectivity index (χ2v) is 7.63. The van der Waals surface area contributed by atoms with Crippen molar-refractivity contribution in [2.24, 2.45) is 5.92 Å². The van der Waals surface area contributed by atoms with Crippen molar-refractivity contribution in [3.63, 3.8) is 0 Å². The molecule has 1 amide bonds. The molecule has 2 aliphatic rings. The highest BCUT2D eigenvalue weighted by atomic mass is 16.5. The first-order chi connectivity index (χ1) is 13.2. The quantitative estimate of drug-likeness (QED) is 0.763. The Morgan fingerprint density at radius 2 is 1.93 bits per heavy atom. The number of pyridine rings is 1. The number of amides is 1. The first-order valence-electron chi connectivity index (χ1n) is 9.87. The van der Waals surface area contributed by atoms with E-state index in [4.69, 9.17) is 4.74 Å². The topological polar surface area (TPSA) is 51.5 Å². The first-order valence-corrected chi connectivity index (χ1v) is 9.87. The van der Waals surface area contributed by atoms with Crippen LogP contribution in [0.4, 0.5) is 0 Å². The lowest BCUT2D eigenvalue weighted by Gasteiger charge is -2.42. The highest BCUT2D eigenvalue weighted by molar-refractivity contribution is 5.94. The van der Waals surface area contributed by atoms with Crippen molar-refractivity contribution in [2.75, 3.05) is 19.7 Å². The Morgan fingerprint density at radius 1 is 1.11 bits per heavy atom. The largest absolute Gasteiger partial charge is 0.494 e. The van der Waals surface area contributed by atoms with Crippen LogP contribution in [0.1, 0.15) is 48.2 Å². The summed E-state index contributed by atoms with van der Waals surface area (Å²) in [6.07, 6.45) is 3.18. The van der Waals surface area contributed by atoms with Gasteiger partial charge in [0.1, 0.15) is 5.75 Å². The molecule has 5 nitrogen and oxygen atoms in total. The zero-order valence-electron chi connectivity index (χ0n) is 15.8. The summed E-state index contributed by atoms with van der Waals surface area (Å²) in [6.45, 7) is 4.93. The lowest BCUT2D eigenvalue weighted by atomic mass is 9.83. The number of hydrogen-bond donors (Lipinski definition) is 0. The molecule has 3 heterocycles. The average Bonchev–Trinajstić information content (AvgIpc) is 2.69. The molecule has 0 aliphatic carbocycles. The lowest BCUT2D eigenvalue weighted by molar-refractivity contribution is 0.0594. The first kappa shape index (κ1) is 17.8. The zero-order chi connectivity index (χ0) is 18.8. The van der Waals surface area contributed by atoms with E-state index in [1.54, 1.807) is 6.07 Å². The van der Waals surface area contributed by atoms with Crippen molar-refractivity contribution in [1.82, 2.24) is 9.47 Å². The Kier molecular flexibility index (Phi) is 5.01. The van der Waals surface area contributed by atoms with Gasteiger partial charge in [0.05, 0.1) is 6.61 Å². The molecule has 2 aliphatic heterocycles. The SMILES string of the molecule is CCCCOc1ccc(C(=O)N2CC3CC(C2)c2cccc(=O)n2C3)cc1. The summed E-state index contributed by atoms with van der Waals surface area (Å²) >= 11 is 0. The number of rotatable bonds is 5. The van der Waals surface area contributed by atoms with Gasteiger partial charge in [-0.15, -0.1) is 0 Å². The maximum Gasteiger partial charge on any atom is 0.253 e. The van der Waals surface area contributed by atoms with Crippen molar-refractivity contribution < 1.29 is 9.53 Å². The predicted molar refractivity (Wildman–Crippen MR) is 104 cm³/mol. The number of carbonyl (C=O) groups excluding carboxylic acids is 1. The fraction of sp³-hybridized carbons (Fsp3) is 0.455. The Bertz CT molecular complexity index is 872. The minimum absolute atomic E-state index is 0.0662. The fourth-order valence-electron chi connectivity index (χ4n) is 4.27. The highest BCUT2D eigenvalue weighted by Crippen LogP contribution is 2.35. The van der Waals surface area contributed by atoms with Crippen molar-refractivity contribution in [1.29, 1.82) is 0 Å². The molecule has 142 valence electrons. The Hall–Kier alpha value is -2.56. The van der Waals surface area contributed by atoms with Gasteiger partial charge in [0, 0.05) is 42.9 Å². The second-order valence-electron chi connectivity index (χ2n) is 7.63. The molecule has 2 unspecified atom stereocenters. The molecular formula is C22H26N2O3. The van der Waals surface area contributed by atoms with Crippen LogP contribution < -0.4 is 10.3 Å². The van der Waals surface area contributed by atoms with E-state index in [-0.39, 0.29) is 17.4 Å². The van der Waals surface area contributed by atoms with Gasteiger partial charge >= 0.3 is 0 Å². The van der Waals surface area contributed by atoms with Crippen LogP contribution >= 0.6 is 0 Å². The van der Waals surface area contributed by atoms with Gasteiger partial charge in [-0.3, -0.25) is 9.59 Å². The minimum Gasteiger partial charge on any atom is -0.494 e. The number of likely N-dealkylation sites (tertiary alicyclic amines) is 1. The van der Waals surface area contributed by atoms with E-state index in [2.05, 4.69) is 6.92 Å². The molecule has 1 aromatic heterocycles. The highest BCUT2D eigenvalue weighted by Gasteiger charge is 2.36. The third kappa shape index (κ3) is 3.64. The van der Waals surface area contributed by atoms with Gasteiger partial charge in [-0.05, 0) is 49.1 Å². The van der Waals surface area contributed by atoms with Crippen LogP contribution in [0, 0.1) is 5.92 Å². The molecule has 5 heteroatoms. The predicted octanol–water partition coefficient (Wildman–Crippen LogP) is 3.29. The maximum absolute atomic E-state index is 13.0. The van der Waals surface area contributed by atoms with E-state index in [1.807, 2.05) is 45.9 Å². The number of unbranched alkanes of at least 4 members (excludes halogenated alkanes) is 1. The van der Waals surface area contributed by atoms with Gasteiger partial charge in [-0.1, -0.05) is 19.4 Å². The molecule has 4 rings (SSSR count). The van der Waals surface area contributed by atoms with Crippen LogP contribution in [0.2, 0.25) is 0 Å². The average molecular weight is 366 g/mol. The Morgan fingerprint density at radius 3 is 2.70 bits per heavy atom. The number of nitrogens with zero attached hydrogens (tertiary/aromatic N) is 2. The van der Waals surface area contributed by atoms with Crippen LogP contribution in [0.5, 0.6) is 5.75 Å². The number of carbonyl (C=O) groups is 1. The fourth-order valence-corrected chi connectivity index (χ4v) is 4.27. The van der Waals surface area contributed by atoms with Crippen molar-refractivity contribution >= 4 is 5.91 Å². The number of aromatic nitrogens is 1. The number of benzene rings is 1. The van der Waals surface area contributed by atoms with E-state index in [0.717, 1.165) is 30.7 Å². The summed E-state index contributed by atoms with van der Waals surface area (Å²) in [6, 6.07) is 12.9. The van der Waals surface area contributed by atoms with Crippen LogP contribution in [0.15, 0.2) is 47.3 Å². The molecule has 1 aromatic carbocycles. The molecule has 2 aromatic rings. The number of ether oxygens (including phenoxy) is 1. The lowest BCUT2D eigenvalue weighted by Crippen LogP contribution is -2.49. The number of piperidine rings is 1. The molecular weight excluding hydrogens is 340 g/mol. The maximum atomic E-state index is 13.0. The summed E-state index contributed by atoms with van der Waals surface area (Å²) in [5.41, 5.74) is 1.83. The second kappa shape index (κ2) is 7.59. The van der Waals surface area contributed by atoms with Gasteiger partial charge in [-0.25, -0.2) is 0 Å². The third-order valence-electron chi connectivity index (χ3n) is 5.63. The summed E-state index contributed by atoms with van der Waals surface area (Å²) in [7, 11) is 0. The Labute approximate surface area is 159 Å². The summed E-state index contributed by atoms with van der Waals surface area (Å²) in [5.74, 6) is 1.46. The zero-order valence-corrected chi connectivity index (χ0v) is 15.8. The van der Waals surface area contributed by atoms with E-state index in [1.165, 1.54) is 0 Å². The van der Waals surface area contributed by atoms with Gasteiger partial charge in [0.2, 0.25) is 0 Å². The third-order valence-corrected chi connectivity index (χ3v) is 5.63. The van der Waals surface area contributed by atoms with Crippen molar-refractivity contribution in [3.8, 4) is 5.75 Å². The molecule has 27 heavy (non-hydrogen) atoms. The van der Waals surface area contributed by atoms with Gasteiger partial charge in [0.25, 0.3) is 11.5 Å². The molecule has 2 atom stereocenters. The monoisotopic (exact) mass is 366 g/mol. The molecule has 0 saturated carbocycles. The van der Waals surface area contributed by atoms with Crippen LogP contribution in [0.25, 0.3) is 0 Å². The minimum atomic E-state index is 0.0662. The molecule has 2 bridgehead atoms. The van der Waals surface area contributed by atoms with E-state index in [0.29, 0.717) is 37.7 Å². The summed E-state index contributed by atoms with van der Waals surface area (Å²) in [4.78, 5) is 27.1. The molecule has 0 N–H and O–H groups in total. The molecule has 1 saturated heterocycles. The standard InChI is InChI=1S/C22H26N2O3/c1-2-3-11-27-19-9-7-17(8-10-19)22(26)23-13-16-12-18(15-23)20-5-4-6-21(25)24(20)14-16/h4-10,16,18H,2-3,11-15H2,1H3. The molecule has 0 spiro atoms. The summed E-state index contributed by atoms with van der Waals surface area (Å²) in [5, 5.41) is 0. The van der Waals surface area contributed by atoms with Crippen molar-refractivity contribution in [3.05, 3.63) is 64.1 Å². The van der Waals surface area contributed by atoms with Gasteiger partial charge < -0.3 is 14.2 Å². The normalized spacial score (nSPS) is 20.9.